The van der Waals surface area contributed by atoms with Crippen LogP contribution in [0.5, 0.6) is 0 Å². The van der Waals surface area contributed by atoms with Crippen molar-refractivity contribution in [3.63, 3.8) is 0 Å². The van der Waals surface area contributed by atoms with Crippen LogP contribution in [0.1, 0.15) is 23.1 Å². The third-order valence-corrected chi connectivity index (χ3v) is 5.22. The van der Waals surface area contributed by atoms with E-state index in [0.717, 1.165) is 37.3 Å². The molecule has 1 aliphatic rings. The molecule has 22 heavy (non-hydrogen) atoms. The third-order valence-electron chi connectivity index (χ3n) is 3.48. The normalized spacial score (nSPS) is 14.7. The van der Waals surface area contributed by atoms with Gasteiger partial charge in [-0.25, -0.2) is 4.98 Å². The first-order valence-corrected chi connectivity index (χ1v) is 8.51. The average molecular weight is 356 g/mol. The molecule has 7 heteroatoms. The summed E-state index contributed by atoms with van der Waals surface area (Å²) in [4.78, 5) is 19.2. The first-order chi connectivity index (χ1) is 10.5. The summed E-state index contributed by atoms with van der Waals surface area (Å²) in [5.41, 5.74) is 2.24. The van der Waals surface area contributed by atoms with Crippen LogP contribution in [0.3, 0.4) is 0 Å². The Hall–Kier alpha value is -1.14. The molecular formula is C15H15Cl2N3OS. The van der Waals surface area contributed by atoms with Crippen molar-refractivity contribution in [2.75, 3.05) is 11.9 Å². The molecule has 4 nitrogen and oxygen atoms in total. The number of carbonyl (C=O) groups excluding carboxylic acids is 1. The summed E-state index contributed by atoms with van der Waals surface area (Å²) in [5, 5.41) is 4.61. The summed E-state index contributed by atoms with van der Waals surface area (Å²) >= 11 is 13.6. The van der Waals surface area contributed by atoms with E-state index in [0.29, 0.717) is 15.2 Å². The summed E-state index contributed by atoms with van der Waals surface area (Å²) in [6.07, 6.45) is 0.896. The SMILES string of the molecule is CC(=O)Nc1nc2c(s1)CN(Cc1ccc(Cl)c(Cl)c1)CC2. The lowest BCUT2D eigenvalue weighted by Crippen LogP contribution is -2.29. The minimum Gasteiger partial charge on any atom is -0.302 e. The van der Waals surface area contributed by atoms with Crippen LogP contribution in [0, 0.1) is 0 Å². The fourth-order valence-electron chi connectivity index (χ4n) is 2.48. The number of hydrogen-bond acceptors (Lipinski definition) is 4. The number of nitrogens with one attached hydrogen (secondary N) is 1. The van der Waals surface area contributed by atoms with Crippen molar-refractivity contribution in [1.82, 2.24) is 9.88 Å². The minimum atomic E-state index is -0.0845. The van der Waals surface area contributed by atoms with Crippen LogP contribution >= 0.6 is 34.5 Å². The molecule has 0 saturated heterocycles. The van der Waals surface area contributed by atoms with Gasteiger partial charge in [0.2, 0.25) is 5.91 Å². The molecule has 2 heterocycles. The molecule has 0 unspecified atom stereocenters. The molecule has 1 aromatic heterocycles. The highest BCUT2D eigenvalue weighted by molar-refractivity contribution is 7.15. The predicted octanol–water partition coefficient (Wildman–Crippen LogP) is 3.97. The van der Waals surface area contributed by atoms with E-state index in [9.17, 15) is 4.79 Å². The topological polar surface area (TPSA) is 45.2 Å². The Balaban J connectivity index is 1.69. The van der Waals surface area contributed by atoms with Crippen molar-refractivity contribution in [3.05, 3.63) is 44.4 Å². The van der Waals surface area contributed by atoms with Gasteiger partial charge >= 0.3 is 0 Å². The van der Waals surface area contributed by atoms with Crippen molar-refractivity contribution < 1.29 is 4.79 Å². The van der Waals surface area contributed by atoms with Crippen LogP contribution in [0.2, 0.25) is 10.0 Å². The fraction of sp³-hybridized carbons (Fsp3) is 0.333. The molecule has 2 aromatic rings. The highest BCUT2D eigenvalue weighted by Crippen LogP contribution is 2.30. The molecule has 1 aliphatic heterocycles. The first-order valence-electron chi connectivity index (χ1n) is 6.93. The maximum absolute atomic E-state index is 11.1. The number of thiazole rings is 1. The van der Waals surface area contributed by atoms with E-state index >= 15 is 0 Å². The Morgan fingerprint density at radius 1 is 1.41 bits per heavy atom. The van der Waals surface area contributed by atoms with Crippen molar-refractivity contribution in [2.24, 2.45) is 0 Å². The molecule has 0 fully saturated rings. The Morgan fingerprint density at radius 3 is 2.95 bits per heavy atom. The van der Waals surface area contributed by atoms with Gasteiger partial charge in [0.1, 0.15) is 0 Å². The third kappa shape index (κ3) is 3.60. The summed E-state index contributed by atoms with van der Waals surface area (Å²) < 4.78 is 0. The summed E-state index contributed by atoms with van der Waals surface area (Å²) in [5.74, 6) is -0.0845. The summed E-state index contributed by atoms with van der Waals surface area (Å²) in [6, 6.07) is 5.74. The lowest BCUT2D eigenvalue weighted by molar-refractivity contribution is -0.114. The second-order valence-corrected chi connectivity index (χ2v) is 7.18. The largest absolute Gasteiger partial charge is 0.302 e. The maximum Gasteiger partial charge on any atom is 0.223 e. The zero-order chi connectivity index (χ0) is 15.7. The molecule has 0 saturated carbocycles. The number of carbonyl (C=O) groups is 1. The molecule has 0 spiro atoms. The standard InChI is InChI=1S/C15H15Cl2N3OS/c1-9(21)18-15-19-13-4-5-20(8-14(13)22-15)7-10-2-3-11(16)12(17)6-10/h2-3,6H,4-5,7-8H2,1H3,(H,18,19,21). The highest BCUT2D eigenvalue weighted by atomic mass is 35.5. The molecule has 0 radical (unpaired) electrons. The first kappa shape index (κ1) is 15.7. The van der Waals surface area contributed by atoms with E-state index in [1.54, 1.807) is 11.3 Å². The summed E-state index contributed by atoms with van der Waals surface area (Å²) in [6.45, 7) is 4.10. The highest BCUT2D eigenvalue weighted by Gasteiger charge is 2.21. The monoisotopic (exact) mass is 355 g/mol. The Labute approximate surface area is 143 Å². The zero-order valence-electron chi connectivity index (χ0n) is 12.0. The Bertz CT molecular complexity index is 717. The molecule has 1 N–H and O–H groups in total. The molecule has 1 amide bonds. The van der Waals surface area contributed by atoms with Crippen LogP contribution in [0.25, 0.3) is 0 Å². The van der Waals surface area contributed by atoms with E-state index in [2.05, 4.69) is 15.2 Å². The van der Waals surface area contributed by atoms with E-state index in [-0.39, 0.29) is 5.91 Å². The number of fused-ring (bicyclic) bond motifs is 1. The van der Waals surface area contributed by atoms with Crippen LogP contribution in [-0.2, 0) is 24.3 Å². The van der Waals surface area contributed by atoms with Crippen LogP contribution < -0.4 is 5.32 Å². The van der Waals surface area contributed by atoms with Gasteiger partial charge in [-0.1, -0.05) is 29.3 Å². The zero-order valence-corrected chi connectivity index (χ0v) is 14.4. The molecule has 116 valence electrons. The molecular weight excluding hydrogens is 341 g/mol. The number of benzene rings is 1. The van der Waals surface area contributed by atoms with Crippen molar-refractivity contribution >= 4 is 45.6 Å². The van der Waals surface area contributed by atoms with Crippen molar-refractivity contribution in [2.45, 2.75) is 26.4 Å². The molecule has 0 atom stereocenters. The van der Waals surface area contributed by atoms with E-state index in [4.69, 9.17) is 23.2 Å². The maximum atomic E-state index is 11.1. The second-order valence-electron chi connectivity index (χ2n) is 5.28. The minimum absolute atomic E-state index is 0.0845. The van der Waals surface area contributed by atoms with E-state index in [1.807, 2.05) is 18.2 Å². The number of nitrogens with zero attached hydrogens (tertiary/aromatic N) is 2. The predicted molar refractivity (Wildman–Crippen MR) is 90.7 cm³/mol. The molecule has 1 aromatic carbocycles. The molecule has 3 rings (SSSR count). The van der Waals surface area contributed by atoms with Gasteiger partial charge in [-0.05, 0) is 17.7 Å². The smallest absolute Gasteiger partial charge is 0.223 e. The van der Waals surface area contributed by atoms with Crippen LogP contribution in [0.4, 0.5) is 5.13 Å². The lowest BCUT2D eigenvalue weighted by atomic mass is 10.1. The second kappa shape index (κ2) is 6.54. The molecule has 0 bridgehead atoms. The van der Waals surface area contributed by atoms with E-state index < -0.39 is 0 Å². The lowest BCUT2D eigenvalue weighted by Gasteiger charge is -2.25. The van der Waals surface area contributed by atoms with E-state index in [1.165, 1.54) is 11.8 Å². The summed E-state index contributed by atoms with van der Waals surface area (Å²) in [7, 11) is 0. The van der Waals surface area contributed by atoms with Crippen LogP contribution in [-0.4, -0.2) is 22.3 Å². The molecule has 0 aliphatic carbocycles. The number of rotatable bonds is 3. The number of halogens is 2. The van der Waals surface area contributed by atoms with Gasteiger partial charge in [-0.3, -0.25) is 9.69 Å². The van der Waals surface area contributed by atoms with Gasteiger partial charge in [-0.2, -0.15) is 0 Å². The van der Waals surface area contributed by atoms with Gasteiger partial charge in [0.05, 0.1) is 15.7 Å². The quantitative estimate of drug-likeness (QED) is 0.905. The van der Waals surface area contributed by atoms with Gasteiger partial charge in [0.25, 0.3) is 0 Å². The number of anilines is 1. The van der Waals surface area contributed by atoms with Gasteiger partial charge in [0.15, 0.2) is 5.13 Å². The van der Waals surface area contributed by atoms with Crippen LogP contribution in [0.15, 0.2) is 18.2 Å². The van der Waals surface area contributed by atoms with Gasteiger partial charge < -0.3 is 5.32 Å². The number of aromatic nitrogens is 1. The average Bonchev–Trinajstić information content (AvgIpc) is 2.83. The van der Waals surface area contributed by atoms with Gasteiger partial charge in [0, 0.05) is 37.9 Å². The van der Waals surface area contributed by atoms with Gasteiger partial charge in [-0.15, -0.1) is 11.3 Å². The Morgan fingerprint density at radius 2 is 2.23 bits per heavy atom. The van der Waals surface area contributed by atoms with Crippen molar-refractivity contribution in [3.8, 4) is 0 Å². The Kier molecular flexibility index (Phi) is 4.68. The number of hydrogen-bond donors (Lipinski definition) is 1. The number of amides is 1. The fourth-order valence-corrected chi connectivity index (χ4v) is 3.90. The van der Waals surface area contributed by atoms with Crippen molar-refractivity contribution in [1.29, 1.82) is 0 Å².